The van der Waals surface area contributed by atoms with Crippen LogP contribution in [0, 0.1) is 6.92 Å². The smallest absolute Gasteiger partial charge is 0.345 e. The van der Waals surface area contributed by atoms with Crippen LogP contribution in [0.15, 0.2) is 18.2 Å². The van der Waals surface area contributed by atoms with E-state index in [0.29, 0.717) is 16.5 Å². The zero-order chi connectivity index (χ0) is 12.9. The monoisotopic (exact) mass is 280 g/mol. The molecular formula is C13H9ClO3S. The number of ether oxygens (including phenoxy) is 1. The predicted molar refractivity (Wildman–Crippen MR) is 70.8 cm³/mol. The van der Waals surface area contributed by atoms with Crippen molar-refractivity contribution in [3.05, 3.63) is 39.2 Å². The van der Waals surface area contributed by atoms with E-state index < -0.39 is 5.97 Å². The van der Waals surface area contributed by atoms with Gasteiger partial charge >= 0.3 is 5.97 Å². The van der Waals surface area contributed by atoms with E-state index in [1.54, 1.807) is 6.07 Å². The number of carboxylic acids is 1. The third-order valence-electron chi connectivity index (χ3n) is 2.91. The van der Waals surface area contributed by atoms with Gasteiger partial charge in [0.05, 0.1) is 0 Å². The van der Waals surface area contributed by atoms with Crippen molar-refractivity contribution in [3.63, 3.8) is 0 Å². The van der Waals surface area contributed by atoms with Gasteiger partial charge < -0.3 is 9.84 Å². The number of fused-ring (bicyclic) bond motifs is 3. The first-order valence-corrected chi connectivity index (χ1v) is 6.55. The maximum Gasteiger partial charge on any atom is 0.345 e. The lowest BCUT2D eigenvalue weighted by atomic mass is 10.0. The number of carbonyl (C=O) groups is 1. The van der Waals surface area contributed by atoms with Crippen molar-refractivity contribution in [2.45, 2.75) is 13.5 Å². The van der Waals surface area contributed by atoms with Crippen LogP contribution in [0.3, 0.4) is 0 Å². The summed E-state index contributed by atoms with van der Waals surface area (Å²) in [7, 11) is 0. The molecule has 0 unspecified atom stereocenters. The molecule has 0 saturated carbocycles. The first-order valence-electron chi connectivity index (χ1n) is 5.35. The normalized spacial score (nSPS) is 12.6. The van der Waals surface area contributed by atoms with E-state index >= 15 is 0 Å². The first kappa shape index (κ1) is 11.6. The Hall–Kier alpha value is -1.52. The number of thiophene rings is 1. The summed E-state index contributed by atoms with van der Waals surface area (Å²) in [5.74, 6) is -0.141. The maximum absolute atomic E-state index is 11.0. The summed E-state index contributed by atoms with van der Waals surface area (Å²) in [5, 5.41) is 9.69. The average molecular weight is 281 g/mol. The Labute approximate surface area is 113 Å². The van der Waals surface area contributed by atoms with Gasteiger partial charge in [0.15, 0.2) is 0 Å². The lowest BCUT2D eigenvalue weighted by Gasteiger charge is -2.18. The Bertz CT molecular complexity index is 660. The van der Waals surface area contributed by atoms with Gasteiger partial charge in [-0.2, -0.15) is 0 Å². The molecule has 3 nitrogen and oxygen atoms in total. The van der Waals surface area contributed by atoms with Crippen molar-refractivity contribution in [1.82, 2.24) is 0 Å². The van der Waals surface area contributed by atoms with Gasteiger partial charge in [-0.05, 0) is 30.7 Å². The second-order valence-corrected chi connectivity index (χ2v) is 5.62. The summed E-state index contributed by atoms with van der Waals surface area (Å²) in [6.45, 7) is 2.33. The molecule has 0 saturated heterocycles. The van der Waals surface area contributed by atoms with Crippen LogP contribution in [0.2, 0.25) is 5.02 Å². The average Bonchev–Trinajstić information content (AvgIpc) is 2.75. The van der Waals surface area contributed by atoms with Gasteiger partial charge in [-0.15, -0.1) is 11.3 Å². The highest BCUT2D eigenvalue weighted by Gasteiger charge is 2.23. The van der Waals surface area contributed by atoms with Crippen LogP contribution in [-0.4, -0.2) is 11.1 Å². The van der Waals surface area contributed by atoms with Crippen molar-refractivity contribution in [3.8, 4) is 16.2 Å². The van der Waals surface area contributed by atoms with E-state index in [1.807, 2.05) is 19.1 Å². The quantitative estimate of drug-likeness (QED) is 0.860. The van der Waals surface area contributed by atoms with Gasteiger partial charge in [0.1, 0.15) is 17.2 Å². The molecule has 5 heteroatoms. The Morgan fingerprint density at radius 2 is 2.22 bits per heavy atom. The standard InChI is InChI=1S/C13H9ClO3S/c1-6-2-10-8(4-9(6)14)12-7(5-17-10)3-11(18-12)13(15)16/h2-4H,5H2,1H3,(H,15,16). The Balaban J connectivity index is 2.21. The van der Waals surface area contributed by atoms with E-state index in [0.717, 1.165) is 27.3 Å². The fourth-order valence-corrected chi connectivity index (χ4v) is 3.17. The molecule has 18 heavy (non-hydrogen) atoms. The van der Waals surface area contributed by atoms with E-state index in [9.17, 15) is 4.79 Å². The minimum Gasteiger partial charge on any atom is -0.488 e. The lowest BCUT2D eigenvalue weighted by Crippen LogP contribution is -2.03. The van der Waals surface area contributed by atoms with E-state index in [2.05, 4.69) is 0 Å². The van der Waals surface area contributed by atoms with Crippen LogP contribution in [0.25, 0.3) is 10.4 Å². The van der Waals surface area contributed by atoms with Crippen molar-refractivity contribution in [1.29, 1.82) is 0 Å². The van der Waals surface area contributed by atoms with Crippen LogP contribution in [0.4, 0.5) is 0 Å². The molecule has 0 spiro atoms. The fraction of sp³-hybridized carbons (Fsp3) is 0.154. The minimum absolute atomic E-state index is 0.327. The molecular weight excluding hydrogens is 272 g/mol. The molecule has 1 aromatic carbocycles. The molecule has 1 aliphatic heterocycles. The third-order valence-corrected chi connectivity index (χ3v) is 4.51. The summed E-state index contributed by atoms with van der Waals surface area (Å²) < 4.78 is 5.63. The Morgan fingerprint density at radius 1 is 1.44 bits per heavy atom. The molecule has 0 fully saturated rings. The molecule has 0 aliphatic carbocycles. The van der Waals surface area contributed by atoms with Gasteiger partial charge in [0, 0.05) is 21.0 Å². The molecule has 1 aliphatic rings. The molecule has 0 amide bonds. The number of rotatable bonds is 1. The predicted octanol–water partition coefficient (Wildman–Crippen LogP) is 3.97. The molecule has 2 heterocycles. The van der Waals surface area contributed by atoms with Gasteiger partial charge in [-0.25, -0.2) is 4.79 Å². The summed E-state index contributed by atoms with van der Waals surface area (Å²) in [5.41, 5.74) is 2.74. The van der Waals surface area contributed by atoms with Crippen molar-refractivity contribution >= 4 is 28.9 Å². The van der Waals surface area contributed by atoms with Gasteiger partial charge in [0.25, 0.3) is 0 Å². The SMILES string of the molecule is Cc1cc2c(cc1Cl)-c1sc(C(=O)O)cc1CO2. The van der Waals surface area contributed by atoms with Crippen LogP contribution in [0.1, 0.15) is 20.8 Å². The summed E-state index contributed by atoms with van der Waals surface area (Å²) >= 11 is 7.38. The molecule has 92 valence electrons. The lowest BCUT2D eigenvalue weighted by molar-refractivity contribution is 0.0702. The summed E-state index contributed by atoms with van der Waals surface area (Å²) in [6.07, 6.45) is 0. The van der Waals surface area contributed by atoms with Crippen LogP contribution >= 0.6 is 22.9 Å². The minimum atomic E-state index is -0.908. The highest BCUT2D eigenvalue weighted by atomic mass is 35.5. The molecule has 3 rings (SSSR count). The molecule has 1 N–H and O–H groups in total. The van der Waals surface area contributed by atoms with Crippen LogP contribution in [-0.2, 0) is 6.61 Å². The number of carboxylic acid groups (broad SMARTS) is 1. The molecule has 1 aromatic heterocycles. The molecule has 0 bridgehead atoms. The van der Waals surface area contributed by atoms with Crippen molar-refractivity contribution in [2.24, 2.45) is 0 Å². The number of aromatic carboxylic acids is 1. The van der Waals surface area contributed by atoms with E-state index in [4.69, 9.17) is 21.4 Å². The highest BCUT2D eigenvalue weighted by molar-refractivity contribution is 7.17. The number of aryl methyl sites for hydroxylation is 1. The molecule has 0 atom stereocenters. The topological polar surface area (TPSA) is 46.5 Å². The summed E-state index contributed by atoms with van der Waals surface area (Å²) in [6, 6.07) is 5.39. The summed E-state index contributed by atoms with van der Waals surface area (Å²) in [4.78, 5) is 12.3. The second-order valence-electron chi connectivity index (χ2n) is 4.16. The number of hydrogen-bond donors (Lipinski definition) is 1. The fourth-order valence-electron chi connectivity index (χ4n) is 1.98. The Morgan fingerprint density at radius 3 is 2.94 bits per heavy atom. The largest absolute Gasteiger partial charge is 0.488 e. The molecule has 2 aromatic rings. The zero-order valence-electron chi connectivity index (χ0n) is 9.49. The third kappa shape index (κ3) is 1.69. The van der Waals surface area contributed by atoms with Crippen LogP contribution in [0.5, 0.6) is 5.75 Å². The van der Waals surface area contributed by atoms with Crippen LogP contribution < -0.4 is 4.74 Å². The van der Waals surface area contributed by atoms with Gasteiger partial charge in [-0.3, -0.25) is 0 Å². The first-order chi connectivity index (χ1) is 8.56. The van der Waals surface area contributed by atoms with Gasteiger partial charge in [0.2, 0.25) is 0 Å². The number of halogens is 1. The number of benzene rings is 1. The van der Waals surface area contributed by atoms with E-state index in [1.165, 1.54) is 11.3 Å². The van der Waals surface area contributed by atoms with Crippen molar-refractivity contribution < 1.29 is 14.6 Å². The highest BCUT2D eigenvalue weighted by Crippen LogP contribution is 2.44. The van der Waals surface area contributed by atoms with Gasteiger partial charge in [-0.1, -0.05) is 11.6 Å². The second kappa shape index (κ2) is 4.00. The Kier molecular flexibility index (Phi) is 2.57. The van der Waals surface area contributed by atoms with E-state index in [-0.39, 0.29) is 0 Å². The van der Waals surface area contributed by atoms with Crippen molar-refractivity contribution in [2.75, 3.05) is 0 Å². The number of hydrogen-bond acceptors (Lipinski definition) is 3. The zero-order valence-corrected chi connectivity index (χ0v) is 11.1. The molecule has 0 radical (unpaired) electrons. The maximum atomic E-state index is 11.0.